The van der Waals surface area contributed by atoms with Crippen molar-refractivity contribution in [2.24, 2.45) is 0 Å². The largest absolute Gasteiger partial charge is 0.451 e. The first-order valence-electron chi connectivity index (χ1n) is 11.9. The maximum absolute atomic E-state index is 9.85. The highest BCUT2D eigenvalue weighted by Crippen LogP contribution is 2.37. The van der Waals surface area contributed by atoms with Crippen LogP contribution in [0.25, 0.3) is 10.9 Å². The summed E-state index contributed by atoms with van der Waals surface area (Å²) >= 11 is 13.1. The van der Waals surface area contributed by atoms with Crippen LogP contribution in [0.15, 0.2) is 65.5 Å². The van der Waals surface area contributed by atoms with E-state index in [0.717, 1.165) is 16.9 Å². The van der Waals surface area contributed by atoms with Gasteiger partial charge in [-0.05, 0) is 57.5 Å². The second-order valence-corrected chi connectivity index (χ2v) is 10.8. The van der Waals surface area contributed by atoms with Crippen LogP contribution in [0.2, 0.25) is 10.0 Å². The van der Waals surface area contributed by atoms with Gasteiger partial charge >= 0.3 is 0 Å². The Morgan fingerprint density at radius 2 is 1.89 bits per heavy atom. The normalized spacial score (nSPS) is 14.1. The monoisotopic (exact) mass is 548 g/mol. The van der Waals surface area contributed by atoms with Crippen molar-refractivity contribution in [2.75, 3.05) is 10.6 Å². The highest BCUT2D eigenvalue weighted by Gasteiger charge is 2.29. The predicted molar refractivity (Wildman–Crippen MR) is 150 cm³/mol. The van der Waals surface area contributed by atoms with Crippen LogP contribution in [0.5, 0.6) is 0 Å². The van der Waals surface area contributed by atoms with E-state index >= 15 is 0 Å². The maximum Gasteiger partial charge on any atom is 0.180 e. The molecule has 0 fully saturated rings. The number of nitrogens with zero attached hydrogens (tertiary/aromatic N) is 4. The molecule has 1 aliphatic heterocycles. The molecule has 0 amide bonds. The number of hydrazine groups is 2. The molecule has 0 unspecified atom stereocenters. The lowest BCUT2D eigenvalue weighted by atomic mass is 10.1. The minimum absolute atomic E-state index is 0.159. The molecular formula is C27H26Cl2N8O. The standard InChI is InChI=1S/C27H26Cl2N8O/c1-15-5-6-17(8-20(15)28)33-24-16(10-30)11-31-25-19(24)7-18(9-21(25)29)34-26(23-13-38-14-32-23)22-12-37(36-35-22)27(2,3)4/h5-9,11-14,26,34-36H,1-4H3,(H,31,33)/t26-/m1/s1. The molecule has 0 aliphatic carbocycles. The summed E-state index contributed by atoms with van der Waals surface area (Å²) in [4.78, 5) is 8.83. The quantitative estimate of drug-likeness (QED) is 0.212. The fourth-order valence-electron chi connectivity index (χ4n) is 4.06. The van der Waals surface area contributed by atoms with E-state index < -0.39 is 0 Å². The number of rotatable bonds is 6. The second-order valence-electron chi connectivity index (χ2n) is 9.95. The molecule has 4 aromatic rings. The van der Waals surface area contributed by atoms with Gasteiger partial charge in [0.25, 0.3) is 0 Å². The molecule has 0 saturated carbocycles. The zero-order valence-electron chi connectivity index (χ0n) is 21.2. The number of fused-ring (bicyclic) bond motifs is 1. The zero-order valence-corrected chi connectivity index (χ0v) is 22.7. The fourth-order valence-corrected chi connectivity index (χ4v) is 4.50. The van der Waals surface area contributed by atoms with E-state index in [1.54, 1.807) is 12.3 Å². The van der Waals surface area contributed by atoms with Crippen molar-refractivity contribution in [3.63, 3.8) is 0 Å². The smallest absolute Gasteiger partial charge is 0.180 e. The molecule has 0 bridgehead atoms. The minimum Gasteiger partial charge on any atom is -0.451 e. The molecule has 0 spiro atoms. The highest BCUT2D eigenvalue weighted by molar-refractivity contribution is 6.36. The van der Waals surface area contributed by atoms with Crippen molar-refractivity contribution >= 4 is 51.2 Å². The SMILES string of the molecule is Cc1ccc(Nc2c(C#N)cnc3c(Cl)cc(N[C@H](C4=CN(C(C)(C)C)NN4)c4cocn4)cc23)cc1Cl. The number of aryl methyl sites for hydroxylation is 1. The van der Waals surface area contributed by atoms with Crippen LogP contribution in [0.3, 0.4) is 0 Å². The van der Waals surface area contributed by atoms with Crippen LogP contribution in [0.1, 0.15) is 43.6 Å². The zero-order chi connectivity index (χ0) is 27.0. The van der Waals surface area contributed by atoms with Gasteiger partial charge in [-0.15, -0.1) is 5.53 Å². The van der Waals surface area contributed by atoms with Gasteiger partial charge in [-0.25, -0.2) is 4.98 Å². The number of oxazole rings is 1. The summed E-state index contributed by atoms with van der Waals surface area (Å²) in [6.45, 7) is 8.22. The summed E-state index contributed by atoms with van der Waals surface area (Å²) < 4.78 is 5.28. The maximum atomic E-state index is 9.85. The van der Waals surface area contributed by atoms with Gasteiger partial charge in [-0.1, -0.05) is 29.3 Å². The van der Waals surface area contributed by atoms with Crippen molar-refractivity contribution in [3.8, 4) is 6.07 Å². The van der Waals surface area contributed by atoms with E-state index in [-0.39, 0.29) is 11.6 Å². The average Bonchev–Trinajstić information content (AvgIpc) is 3.58. The van der Waals surface area contributed by atoms with E-state index in [2.05, 4.69) is 58.4 Å². The van der Waals surface area contributed by atoms with Crippen LogP contribution < -0.4 is 21.6 Å². The summed E-state index contributed by atoms with van der Waals surface area (Å²) in [5.74, 6) is 0. The van der Waals surface area contributed by atoms with Gasteiger partial charge in [0.1, 0.15) is 24.1 Å². The third-order valence-corrected chi connectivity index (χ3v) is 6.86. The molecule has 11 heteroatoms. The Morgan fingerprint density at radius 1 is 1.11 bits per heavy atom. The summed E-state index contributed by atoms with van der Waals surface area (Å²) in [6, 6.07) is 11.2. The Kier molecular flexibility index (Phi) is 6.80. The van der Waals surface area contributed by atoms with E-state index in [1.165, 1.54) is 12.6 Å². The van der Waals surface area contributed by atoms with Gasteiger partial charge in [0, 0.05) is 39.7 Å². The number of nitriles is 1. The number of aromatic nitrogens is 2. The van der Waals surface area contributed by atoms with Crippen molar-refractivity contribution < 1.29 is 4.42 Å². The third kappa shape index (κ3) is 5.07. The lowest BCUT2D eigenvalue weighted by Gasteiger charge is -2.30. The fraction of sp³-hybridized carbons (Fsp3) is 0.222. The van der Waals surface area contributed by atoms with Gasteiger partial charge < -0.3 is 20.5 Å². The van der Waals surface area contributed by atoms with Crippen LogP contribution in [0, 0.1) is 18.3 Å². The number of anilines is 3. The molecule has 1 atom stereocenters. The molecule has 1 aliphatic rings. The molecule has 2 aromatic heterocycles. The predicted octanol–water partition coefficient (Wildman–Crippen LogP) is 6.57. The van der Waals surface area contributed by atoms with Gasteiger partial charge in [-0.2, -0.15) is 5.26 Å². The topological polar surface area (TPSA) is 114 Å². The van der Waals surface area contributed by atoms with Crippen molar-refractivity contribution in [2.45, 2.75) is 39.3 Å². The van der Waals surface area contributed by atoms with Crippen LogP contribution in [-0.4, -0.2) is 20.5 Å². The summed E-state index contributed by atoms with van der Waals surface area (Å²) in [5, 5.41) is 20.4. The number of nitrogens with one attached hydrogen (secondary N) is 4. The lowest BCUT2D eigenvalue weighted by Crippen LogP contribution is -2.47. The number of hydrogen-bond donors (Lipinski definition) is 4. The van der Waals surface area contributed by atoms with E-state index in [9.17, 15) is 5.26 Å². The Hall–Kier alpha value is -3.97. The van der Waals surface area contributed by atoms with Crippen LogP contribution >= 0.6 is 23.2 Å². The molecule has 0 radical (unpaired) electrons. The summed E-state index contributed by atoms with van der Waals surface area (Å²) in [6.07, 6.45) is 6.47. The Labute approximate surface area is 230 Å². The first-order chi connectivity index (χ1) is 18.1. The minimum atomic E-state index is -0.387. The molecule has 5 rings (SSSR count). The van der Waals surface area contributed by atoms with E-state index in [4.69, 9.17) is 27.6 Å². The van der Waals surface area contributed by atoms with E-state index in [1.807, 2.05) is 42.4 Å². The number of benzene rings is 2. The Bertz CT molecular complexity index is 1570. The molecule has 0 saturated heterocycles. The Balaban J connectivity index is 1.58. The summed E-state index contributed by atoms with van der Waals surface area (Å²) in [7, 11) is 0. The lowest BCUT2D eigenvalue weighted by molar-refractivity contribution is 0.138. The second kappa shape index (κ2) is 10.1. The first-order valence-corrected chi connectivity index (χ1v) is 12.6. The highest BCUT2D eigenvalue weighted by atomic mass is 35.5. The van der Waals surface area contributed by atoms with Crippen molar-refractivity contribution in [1.82, 2.24) is 25.9 Å². The molecule has 4 N–H and O–H groups in total. The van der Waals surface area contributed by atoms with Gasteiger partial charge in [-0.3, -0.25) is 9.99 Å². The molecule has 2 aromatic carbocycles. The molecular weight excluding hydrogens is 523 g/mol. The summed E-state index contributed by atoms with van der Waals surface area (Å²) in [5.41, 5.74) is 11.7. The van der Waals surface area contributed by atoms with Crippen molar-refractivity contribution in [3.05, 3.63) is 87.9 Å². The molecule has 3 heterocycles. The average molecular weight is 549 g/mol. The number of pyridine rings is 1. The van der Waals surface area contributed by atoms with E-state index in [0.29, 0.717) is 43.6 Å². The first kappa shape index (κ1) is 25.7. The van der Waals surface area contributed by atoms with Crippen molar-refractivity contribution in [1.29, 1.82) is 5.26 Å². The van der Waals surface area contributed by atoms with Gasteiger partial charge in [0.15, 0.2) is 6.39 Å². The molecule has 38 heavy (non-hydrogen) atoms. The van der Waals surface area contributed by atoms with Crippen LogP contribution in [-0.2, 0) is 0 Å². The number of halogens is 2. The third-order valence-electron chi connectivity index (χ3n) is 6.17. The Morgan fingerprint density at radius 3 is 2.55 bits per heavy atom. The number of hydrogen-bond acceptors (Lipinski definition) is 9. The van der Waals surface area contributed by atoms with Gasteiger partial charge in [0.05, 0.1) is 27.5 Å². The molecule has 9 nitrogen and oxygen atoms in total. The van der Waals surface area contributed by atoms with Gasteiger partial charge in [0.2, 0.25) is 0 Å². The van der Waals surface area contributed by atoms with Crippen LogP contribution in [0.4, 0.5) is 17.1 Å². The molecule has 194 valence electrons.